The molecule has 0 aromatic rings. The van der Waals surface area contributed by atoms with Gasteiger partial charge >= 0.3 is 5.97 Å². The molecule has 0 aliphatic heterocycles. The summed E-state index contributed by atoms with van der Waals surface area (Å²) in [6.07, 6.45) is 1.61. The van der Waals surface area contributed by atoms with Crippen molar-refractivity contribution in [1.29, 1.82) is 0 Å². The van der Waals surface area contributed by atoms with Crippen LogP contribution >= 0.6 is 0 Å². The molecule has 5 heteroatoms. The molecule has 20 heavy (non-hydrogen) atoms. The summed E-state index contributed by atoms with van der Waals surface area (Å²) >= 11 is 0. The van der Waals surface area contributed by atoms with Crippen molar-refractivity contribution in [2.24, 2.45) is 23.0 Å². The van der Waals surface area contributed by atoms with Gasteiger partial charge in [0.15, 0.2) is 0 Å². The Hall–Kier alpha value is -1.10. The van der Waals surface area contributed by atoms with Gasteiger partial charge in [0.1, 0.15) is 0 Å². The van der Waals surface area contributed by atoms with Gasteiger partial charge in [0, 0.05) is 13.0 Å². The second-order valence-corrected chi connectivity index (χ2v) is 6.86. The Labute approximate surface area is 122 Å². The van der Waals surface area contributed by atoms with Gasteiger partial charge in [-0.2, -0.15) is 0 Å². The van der Waals surface area contributed by atoms with E-state index in [0.717, 1.165) is 6.42 Å². The lowest BCUT2D eigenvalue weighted by Gasteiger charge is -2.26. The molecule has 2 atom stereocenters. The Bertz CT molecular complexity index is 322. The normalized spacial score (nSPS) is 14.9. The molecule has 1 amide bonds. The summed E-state index contributed by atoms with van der Waals surface area (Å²) < 4.78 is 0. The Morgan fingerprint density at radius 2 is 1.75 bits per heavy atom. The molecule has 0 saturated heterocycles. The third-order valence-electron chi connectivity index (χ3n) is 3.70. The minimum absolute atomic E-state index is 0.141. The van der Waals surface area contributed by atoms with Crippen molar-refractivity contribution in [2.45, 2.75) is 59.9 Å². The van der Waals surface area contributed by atoms with Crippen molar-refractivity contribution in [3.05, 3.63) is 0 Å². The quantitative estimate of drug-likeness (QED) is 0.636. The molecule has 0 rings (SSSR count). The Morgan fingerprint density at radius 3 is 2.15 bits per heavy atom. The van der Waals surface area contributed by atoms with E-state index in [1.807, 2.05) is 20.8 Å². The molecule has 1 unspecified atom stereocenters. The van der Waals surface area contributed by atoms with Gasteiger partial charge in [-0.1, -0.05) is 34.6 Å². The highest BCUT2D eigenvalue weighted by Gasteiger charge is 2.27. The Balaban J connectivity index is 4.18. The lowest BCUT2D eigenvalue weighted by molar-refractivity contribution is -0.137. The van der Waals surface area contributed by atoms with Crippen molar-refractivity contribution < 1.29 is 14.7 Å². The number of carboxylic acids is 1. The highest BCUT2D eigenvalue weighted by Crippen LogP contribution is 2.21. The summed E-state index contributed by atoms with van der Waals surface area (Å²) in [6.45, 7) is 10.5. The van der Waals surface area contributed by atoms with Gasteiger partial charge in [0.2, 0.25) is 5.91 Å². The molecule has 0 aliphatic carbocycles. The van der Waals surface area contributed by atoms with Crippen LogP contribution in [-0.2, 0) is 9.59 Å². The van der Waals surface area contributed by atoms with Gasteiger partial charge in [0.25, 0.3) is 0 Å². The summed E-state index contributed by atoms with van der Waals surface area (Å²) in [5.74, 6) is -0.201. The molecule has 0 fully saturated rings. The molecule has 0 aliphatic rings. The Kier molecular flexibility index (Phi) is 7.79. The summed E-state index contributed by atoms with van der Waals surface area (Å²) in [7, 11) is 0. The molecular weight excluding hydrogens is 256 g/mol. The van der Waals surface area contributed by atoms with Crippen LogP contribution in [-0.4, -0.2) is 29.6 Å². The number of carbonyl (C=O) groups excluding carboxylic acids is 1. The van der Waals surface area contributed by atoms with E-state index in [2.05, 4.69) is 19.2 Å². The third kappa shape index (κ3) is 7.48. The van der Waals surface area contributed by atoms with Crippen molar-refractivity contribution in [1.82, 2.24) is 5.32 Å². The predicted octanol–water partition coefficient (Wildman–Crippen LogP) is 2.00. The van der Waals surface area contributed by atoms with Gasteiger partial charge in [-0.15, -0.1) is 0 Å². The highest BCUT2D eigenvalue weighted by atomic mass is 16.4. The summed E-state index contributed by atoms with van der Waals surface area (Å²) in [4.78, 5) is 22.5. The van der Waals surface area contributed by atoms with Gasteiger partial charge in [-0.05, 0) is 30.1 Å². The fourth-order valence-electron chi connectivity index (χ4n) is 2.00. The van der Waals surface area contributed by atoms with E-state index in [9.17, 15) is 9.59 Å². The van der Waals surface area contributed by atoms with Gasteiger partial charge < -0.3 is 16.2 Å². The largest absolute Gasteiger partial charge is 0.481 e. The number of amides is 1. The lowest BCUT2D eigenvalue weighted by Crippen LogP contribution is -2.49. The van der Waals surface area contributed by atoms with Gasteiger partial charge in [-0.3, -0.25) is 9.59 Å². The fraction of sp³-hybridized carbons (Fsp3) is 0.867. The lowest BCUT2D eigenvalue weighted by atomic mass is 9.86. The van der Waals surface area contributed by atoms with Crippen LogP contribution in [0.3, 0.4) is 0 Å². The fourth-order valence-corrected chi connectivity index (χ4v) is 2.00. The van der Waals surface area contributed by atoms with Gasteiger partial charge in [-0.25, -0.2) is 0 Å². The first-order chi connectivity index (χ1) is 9.05. The Morgan fingerprint density at radius 1 is 1.20 bits per heavy atom. The average Bonchev–Trinajstić information content (AvgIpc) is 2.30. The van der Waals surface area contributed by atoms with Crippen LogP contribution < -0.4 is 11.1 Å². The highest BCUT2D eigenvalue weighted by molar-refractivity contribution is 5.82. The van der Waals surface area contributed by atoms with Crippen molar-refractivity contribution in [2.75, 3.05) is 6.54 Å². The molecule has 118 valence electrons. The van der Waals surface area contributed by atoms with Crippen molar-refractivity contribution in [3.8, 4) is 0 Å². The average molecular weight is 286 g/mol. The first-order valence-electron chi connectivity index (χ1n) is 7.30. The van der Waals surface area contributed by atoms with Crippen molar-refractivity contribution in [3.63, 3.8) is 0 Å². The maximum absolute atomic E-state index is 11.9. The van der Waals surface area contributed by atoms with Crippen LogP contribution in [0.25, 0.3) is 0 Å². The van der Waals surface area contributed by atoms with E-state index in [4.69, 9.17) is 10.8 Å². The first-order valence-corrected chi connectivity index (χ1v) is 7.30. The zero-order valence-electron chi connectivity index (χ0n) is 13.4. The van der Waals surface area contributed by atoms with E-state index in [1.54, 1.807) is 0 Å². The number of carboxylic acid groups (broad SMARTS) is 1. The van der Waals surface area contributed by atoms with E-state index in [-0.39, 0.29) is 17.7 Å². The molecule has 4 N–H and O–H groups in total. The minimum atomic E-state index is -0.769. The third-order valence-corrected chi connectivity index (χ3v) is 3.70. The van der Waals surface area contributed by atoms with Crippen molar-refractivity contribution >= 4 is 11.9 Å². The molecule has 5 nitrogen and oxygen atoms in total. The van der Waals surface area contributed by atoms with Gasteiger partial charge in [0.05, 0.1) is 6.04 Å². The monoisotopic (exact) mass is 286 g/mol. The predicted molar refractivity (Wildman–Crippen MR) is 80.3 cm³/mol. The number of nitrogens with two attached hydrogens (primary N) is 1. The molecule has 0 saturated carbocycles. The molecule has 0 heterocycles. The first kappa shape index (κ1) is 18.9. The molecule has 0 aromatic carbocycles. The van der Waals surface area contributed by atoms with E-state index in [0.29, 0.717) is 24.8 Å². The topological polar surface area (TPSA) is 92.4 Å². The number of rotatable bonds is 8. The van der Waals surface area contributed by atoms with Crippen LogP contribution in [0.15, 0.2) is 0 Å². The number of carbonyl (C=O) groups is 2. The molecule has 0 radical (unpaired) electrons. The standard InChI is InChI=1S/C15H30N2O3/c1-10(2)11(6-7-12(18)19)8-9-17-14(20)13(16)15(3,4)5/h10-11,13H,6-9,16H2,1-5H3,(H,17,20)(H,18,19)/t11?,13-/m0/s1. The number of hydrogen-bond donors (Lipinski definition) is 3. The van der Waals surface area contributed by atoms with Crippen LogP contribution in [0, 0.1) is 17.3 Å². The van der Waals surface area contributed by atoms with Crippen LogP contribution in [0.2, 0.25) is 0 Å². The molecule has 0 spiro atoms. The maximum atomic E-state index is 11.9. The number of nitrogens with one attached hydrogen (secondary N) is 1. The smallest absolute Gasteiger partial charge is 0.303 e. The summed E-state index contributed by atoms with van der Waals surface area (Å²) in [5.41, 5.74) is 5.62. The minimum Gasteiger partial charge on any atom is -0.481 e. The zero-order chi connectivity index (χ0) is 15.9. The number of aliphatic carboxylic acids is 1. The second kappa shape index (κ2) is 8.25. The SMILES string of the molecule is CC(C)C(CCNC(=O)[C@H](N)C(C)(C)C)CCC(=O)O. The maximum Gasteiger partial charge on any atom is 0.303 e. The van der Waals surface area contributed by atoms with E-state index >= 15 is 0 Å². The number of hydrogen-bond acceptors (Lipinski definition) is 3. The van der Waals surface area contributed by atoms with Crippen LogP contribution in [0.4, 0.5) is 0 Å². The van der Waals surface area contributed by atoms with Crippen LogP contribution in [0.1, 0.15) is 53.9 Å². The molecule has 0 bridgehead atoms. The summed E-state index contributed by atoms with van der Waals surface area (Å²) in [5, 5.41) is 11.6. The molecule has 0 aromatic heterocycles. The van der Waals surface area contributed by atoms with E-state index in [1.165, 1.54) is 0 Å². The van der Waals surface area contributed by atoms with E-state index < -0.39 is 12.0 Å². The van der Waals surface area contributed by atoms with Crippen LogP contribution in [0.5, 0.6) is 0 Å². The second-order valence-electron chi connectivity index (χ2n) is 6.86. The zero-order valence-corrected chi connectivity index (χ0v) is 13.4. The molecular formula is C15H30N2O3. The summed E-state index contributed by atoms with van der Waals surface area (Å²) in [6, 6.07) is -0.529.